The monoisotopic (exact) mass is 230 g/mol. The highest BCUT2D eigenvalue weighted by atomic mass is 19.3. The van der Waals surface area contributed by atoms with Crippen molar-refractivity contribution in [1.82, 2.24) is 15.1 Å². The van der Waals surface area contributed by atoms with Gasteiger partial charge in [-0.05, 0) is 0 Å². The summed E-state index contributed by atoms with van der Waals surface area (Å²) in [6.07, 6.45) is 1.19. The maximum absolute atomic E-state index is 12.8. The van der Waals surface area contributed by atoms with Crippen LogP contribution in [0, 0.1) is 0 Å². The van der Waals surface area contributed by atoms with Crippen molar-refractivity contribution in [2.45, 2.75) is 18.4 Å². The molecule has 0 spiro atoms. The maximum atomic E-state index is 12.8. The lowest BCUT2D eigenvalue weighted by Gasteiger charge is -2.09. The molecule has 1 aliphatic rings. The lowest BCUT2D eigenvalue weighted by molar-refractivity contribution is -0.118. The third kappa shape index (κ3) is 2.35. The Balaban J connectivity index is 1.94. The number of halogens is 2. The van der Waals surface area contributed by atoms with Crippen LogP contribution in [0.2, 0.25) is 0 Å². The van der Waals surface area contributed by atoms with Gasteiger partial charge in [-0.2, -0.15) is 5.10 Å². The first-order valence-corrected chi connectivity index (χ1v) is 4.88. The van der Waals surface area contributed by atoms with Crippen molar-refractivity contribution in [2.24, 2.45) is 7.05 Å². The number of carbonyl (C=O) groups is 1. The van der Waals surface area contributed by atoms with Crippen molar-refractivity contribution in [3.8, 4) is 0 Å². The minimum absolute atomic E-state index is 0.365. The molecule has 1 atom stereocenters. The fraction of sp³-hybridized carbons (Fsp3) is 0.556. The summed E-state index contributed by atoms with van der Waals surface area (Å²) >= 11 is 0. The number of rotatable bonds is 2. The van der Waals surface area contributed by atoms with Gasteiger partial charge in [-0.3, -0.25) is 14.8 Å². The van der Waals surface area contributed by atoms with E-state index >= 15 is 0 Å². The molecule has 1 fully saturated rings. The molecule has 88 valence electrons. The first-order chi connectivity index (χ1) is 7.46. The average molecular weight is 230 g/mol. The van der Waals surface area contributed by atoms with E-state index in [2.05, 4.69) is 15.7 Å². The highest BCUT2D eigenvalue weighted by Crippen LogP contribution is 2.25. The average Bonchev–Trinajstić information content (AvgIpc) is 2.72. The summed E-state index contributed by atoms with van der Waals surface area (Å²) in [7, 11) is 1.71. The summed E-state index contributed by atoms with van der Waals surface area (Å²) < 4.78 is 27.2. The van der Waals surface area contributed by atoms with Crippen LogP contribution >= 0.6 is 0 Å². The molecule has 0 saturated carbocycles. The van der Waals surface area contributed by atoms with E-state index in [0.717, 1.165) is 0 Å². The lowest BCUT2D eigenvalue weighted by atomic mass is 10.2. The first-order valence-electron chi connectivity index (χ1n) is 4.88. The number of hydrogen-bond donors (Lipinski definition) is 2. The first kappa shape index (κ1) is 11.0. The Labute approximate surface area is 90.8 Å². The predicted molar refractivity (Wildman–Crippen MR) is 53.2 cm³/mol. The molecule has 7 heteroatoms. The summed E-state index contributed by atoms with van der Waals surface area (Å²) in [6, 6.07) is 0.752. The van der Waals surface area contributed by atoms with Gasteiger partial charge in [-0.25, -0.2) is 8.78 Å². The molecule has 5 nitrogen and oxygen atoms in total. The Hall–Kier alpha value is -1.50. The second kappa shape index (κ2) is 3.82. The normalized spacial score (nSPS) is 23.3. The van der Waals surface area contributed by atoms with Gasteiger partial charge < -0.3 is 5.32 Å². The van der Waals surface area contributed by atoms with E-state index in [1.807, 2.05) is 0 Å². The van der Waals surface area contributed by atoms with Gasteiger partial charge in [-0.1, -0.05) is 0 Å². The molecule has 0 aliphatic carbocycles. The van der Waals surface area contributed by atoms with Crippen LogP contribution in [0.5, 0.6) is 0 Å². The van der Waals surface area contributed by atoms with E-state index in [1.165, 1.54) is 4.68 Å². The SMILES string of the molecule is Cn1ccc(NC(=O)C2CC(F)(F)CN2)n1. The molecule has 1 aromatic rings. The van der Waals surface area contributed by atoms with Gasteiger partial charge in [0.05, 0.1) is 12.6 Å². The highest BCUT2D eigenvalue weighted by Gasteiger charge is 2.42. The van der Waals surface area contributed by atoms with Crippen molar-refractivity contribution < 1.29 is 13.6 Å². The van der Waals surface area contributed by atoms with Crippen molar-refractivity contribution in [2.75, 3.05) is 11.9 Å². The van der Waals surface area contributed by atoms with Gasteiger partial charge in [-0.15, -0.1) is 0 Å². The van der Waals surface area contributed by atoms with Gasteiger partial charge in [0.15, 0.2) is 5.82 Å². The van der Waals surface area contributed by atoms with Crippen LogP contribution in [0.3, 0.4) is 0 Å². The molecule has 1 amide bonds. The zero-order chi connectivity index (χ0) is 11.8. The zero-order valence-electron chi connectivity index (χ0n) is 8.70. The molecule has 2 N–H and O–H groups in total. The fourth-order valence-electron chi connectivity index (χ4n) is 1.60. The summed E-state index contributed by atoms with van der Waals surface area (Å²) in [5, 5.41) is 8.88. The van der Waals surface area contributed by atoms with E-state index in [1.54, 1.807) is 19.3 Å². The number of nitrogens with zero attached hydrogens (tertiary/aromatic N) is 2. The van der Waals surface area contributed by atoms with Crippen LogP contribution in [-0.2, 0) is 11.8 Å². The molecule has 1 saturated heterocycles. The number of aromatic nitrogens is 2. The van der Waals surface area contributed by atoms with Gasteiger partial charge in [0.25, 0.3) is 5.92 Å². The van der Waals surface area contributed by atoms with Crippen LogP contribution in [0.4, 0.5) is 14.6 Å². The largest absolute Gasteiger partial charge is 0.308 e. The summed E-state index contributed by atoms with van der Waals surface area (Å²) in [5.41, 5.74) is 0. The van der Waals surface area contributed by atoms with Gasteiger partial charge in [0.1, 0.15) is 0 Å². The molecular weight excluding hydrogens is 218 g/mol. The van der Waals surface area contributed by atoms with Crippen molar-refractivity contribution >= 4 is 11.7 Å². The Morgan fingerprint density at radius 3 is 3.00 bits per heavy atom. The smallest absolute Gasteiger partial charge is 0.262 e. The third-order valence-electron chi connectivity index (χ3n) is 2.39. The summed E-state index contributed by atoms with van der Waals surface area (Å²) in [4.78, 5) is 11.6. The number of aryl methyl sites for hydroxylation is 1. The molecule has 0 aromatic carbocycles. The fourth-order valence-corrected chi connectivity index (χ4v) is 1.60. The molecule has 1 unspecified atom stereocenters. The molecule has 1 aliphatic heterocycles. The standard InChI is InChI=1S/C9H12F2N4O/c1-15-3-2-7(14-15)13-8(16)6-4-9(10,11)5-12-6/h2-3,6,12H,4-5H2,1H3,(H,13,14,16). The van der Waals surface area contributed by atoms with Crippen molar-refractivity contribution in [3.05, 3.63) is 12.3 Å². The number of nitrogens with one attached hydrogen (secondary N) is 2. The van der Waals surface area contributed by atoms with Crippen LogP contribution in [0.1, 0.15) is 6.42 Å². The van der Waals surface area contributed by atoms with Crippen LogP contribution in [0.15, 0.2) is 12.3 Å². The second-order valence-electron chi connectivity index (χ2n) is 3.86. The Bertz CT molecular complexity index is 404. The molecule has 2 heterocycles. The topological polar surface area (TPSA) is 59.0 Å². The van der Waals surface area contributed by atoms with E-state index in [4.69, 9.17) is 0 Å². The van der Waals surface area contributed by atoms with Crippen molar-refractivity contribution in [3.63, 3.8) is 0 Å². The van der Waals surface area contributed by atoms with Gasteiger partial charge in [0, 0.05) is 25.7 Å². The van der Waals surface area contributed by atoms with E-state index < -0.39 is 30.8 Å². The Kier molecular flexibility index (Phi) is 2.63. The molecule has 0 radical (unpaired) electrons. The quantitative estimate of drug-likeness (QED) is 0.771. The van der Waals surface area contributed by atoms with Crippen molar-refractivity contribution in [1.29, 1.82) is 0 Å². The molecule has 0 bridgehead atoms. The Morgan fingerprint density at radius 1 is 1.75 bits per heavy atom. The number of hydrogen-bond acceptors (Lipinski definition) is 3. The second-order valence-corrected chi connectivity index (χ2v) is 3.86. The molecular formula is C9H12F2N4O. The third-order valence-corrected chi connectivity index (χ3v) is 2.39. The predicted octanol–water partition coefficient (Wildman–Crippen LogP) is 0.356. The molecule has 16 heavy (non-hydrogen) atoms. The summed E-state index contributed by atoms with van der Waals surface area (Å²) in [5.74, 6) is -2.91. The molecule has 1 aromatic heterocycles. The van der Waals surface area contributed by atoms with E-state index in [-0.39, 0.29) is 0 Å². The minimum atomic E-state index is -2.80. The maximum Gasteiger partial charge on any atom is 0.262 e. The van der Waals surface area contributed by atoms with E-state index in [9.17, 15) is 13.6 Å². The minimum Gasteiger partial charge on any atom is -0.308 e. The number of carbonyl (C=O) groups excluding carboxylic acids is 1. The number of alkyl halides is 2. The van der Waals surface area contributed by atoms with E-state index in [0.29, 0.717) is 5.82 Å². The number of amides is 1. The molecule has 2 rings (SSSR count). The van der Waals surface area contributed by atoms with Gasteiger partial charge >= 0.3 is 0 Å². The zero-order valence-corrected chi connectivity index (χ0v) is 8.70. The van der Waals surface area contributed by atoms with Crippen LogP contribution in [-0.4, -0.2) is 34.2 Å². The Morgan fingerprint density at radius 2 is 2.50 bits per heavy atom. The van der Waals surface area contributed by atoms with Crippen LogP contribution < -0.4 is 10.6 Å². The lowest BCUT2D eigenvalue weighted by Crippen LogP contribution is -2.35. The highest BCUT2D eigenvalue weighted by molar-refractivity contribution is 5.94. The summed E-state index contributed by atoms with van der Waals surface area (Å²) in [6.45, 7) is -0.451. The van der Waals surface area contributed by atoms with Gasteiger partial charge in [0.2, 0.25) is 5.91 Å². The number of anilines is 1. The van der Waals surface area contributed by atoms with Crippen LogP contribution in [0.25, 0.3) is 0 Å².